The van der Waals surface area contributed by atoms with E-state index in [4.69, 9.17) is 14.1 Å². The molecule has 0 aliphatic heterocycles. The van der Waals surface area contributed by atoms with E-state index in [-0.39, 0.29) is 0 Å². The van der Waals surface area contributed by atoms with Gasteiger partial charge in [0.25, 0.3) is 0 Å². The lowest BCUT2D eigenvalue weighted by molar-refractivity contribution is 0.415. The van der Waals surface area contributed by atoms with Crippen molar-refractivity contribution >= 4 is 23.1 Å². The third kappa shape index (κ3) is 4.06. The van der Waals surface area contributed by atoms with E-state index in [0.29, 0.717) is 5.75 Å². The second-order valence-corrected chi connectivity index (χ2v) is 8.83. The van der Waals surface area contributed by atoms with Gasteiger partial charge in [-0.25, -0.2) is 4.98 Å². The summed E-state index contributed by atoms with van der Waals surface area (Å²) >= 11 is 3.24. The van der Waals surface area contributed by atoms with E-state index in [1.807, 2.05) is 55.5 Å². The Morgan fingerprint density at radius 3 is 2.72 bits per heavy atom. The molecule has 0 aliphatic rings. The van der Waals surface area contributed by atoms with Crippen molar-refractivity contribution in [2.24, 2.45) is 0 Å². The molecule has 0 N–H and O–H groups in total. The number of aromatic nitrogens is 4. The summed E-state index contributed by atoms with van der Waals surface area (Å²) in [7, 11) is 1.67. The Labute approximate surface area is 193 Å². The summed E-state index contributed by atoms with van der Waals surface area (Å²) in [6, 6.07) is 20.0. The number of ether oxygens (including phenoxy) is 1. The SMILES string of the molecule is COc1cccc(-c2nc(CSc3nnc(-c4ccoc4C)n3-c3ccccc3)cs2)c1. The number of hydrogen-bond acceptors (Lipinski definition) is 7. The fraction of sp³-hybridized carbons (Fsp3) is 0.125. The number of thioether (sulfide) groups is 1. The number of aryl methyl sites for hydroxylation is 1. The molecule has 0 radical (unpaired) electrons. The molecule has 0 saturated carbocycles. The van der Waals surface area contributed by atoms with Gasteiger partial charge in [-0.2, -0.15) is 0 Å². The van der Waals surface area contributed by atoms with Crippen LogP contribution >= 0.6 is 23.1 Å². The fourth-order valence-electron chi connectivity index (χ4n) is 3.37. The average Bonchev–Trinajstić information content (AvgIpc) is 3.57. The topological polar surface area (TPSA) is 66.0 Å². The summed E-state index contributed by atoms with van der Waals surface area (Å²) in [5.41, 5.74) is 3.99. The van der Waals surface area contributed by atoms with E-state index in [1.54, 1.807) is 36.5 Å². The lowest BCUT2D eigenvalue weighted by Gasteiger charge is -2.09. The van der Waals surface area contributed by atoms with Crippen LogP contribution in [0.3, 0.4) is 0 Å². The van der Waals surface area contributed by atoms with E-state index in [1.165, 1.54) is 0 Å². The van der Waals surface area contributed by atoms with Gasteiger partial charge in [-0.1, -0.05) is 42.1 Å². The summed E-state index contributed by atoms with van der Waals surface area (Å²) in [6.07, 6.45) is 1.68. The van der Waals surface area contributed by atoms with E-state index in [0.717, 1.165) is 50.0 Å². The molecule has 2 aromatic carbocycles. The van der Waals surface area contributed by atoms with Gasteiger partial charge in [0.2, 0.25) is 0 Å². The molecule has 0 fully saturated rings. The third-order valence-electron chi connectivity index (χ3n) is 4.97. The molecule has 5 rings (SSSR count). The van der Waals surface area contributed by atoms with Gasteiger partial charge in [0.15, 0.2) is 11.0 Å². The molecular weight excluding hydrogens is 440 g/mol. The molecule has 6 nitrogen and oxygen atoms in total. The fourth-order valence-corrected chi connectivity index (χ4v) is 5.13. The Morgan fingerprint density at radius 1 is 1.06 bits per heavy atom. The van der Waals surface area contributed by atoms with Crippen molar-refractivity contribution in [1.82, 2.24) is 19.7 Å². The molecule has 32 heavy (non-hydrogen) atoms. The lowest BCUT2D eigenvalue weighted by Crippen LogP contribution is -1.99. The molecule has 3 heterocycles. The second kappa shape index (κ2) is 9.02. The highest BCUT2D eigenvalue weighted by molar-refractivity contribution is 7.98. The highest BCUT2D eigenvalue weighted by atomic mass is 32.2. The van der Waals surface area contributed by atoms with Crippen LogP contribution in [-0.2, 0) is 5.75 Å². The van der Waals surface area contributed by atoms with E-state index in [2.05, 4.69) is 32.3 Å². The lowest BCUT2D eigenvalue weighted by atomic mass is 10.2. The van der Waals surface area contributed by atoms with Crippen molar-refractivity contribution in [1.29, 1.82) is 0 Å². The first kappa shape index (κ1) is 20.5. The van der Waals surface area contributed by atoms with Crippen LogP contribution in [0.5, 0.6) is 5.75 Å². The molecule has 3 aromatic heterocycles. The molecule has 0 saturated heterocycles. The summed E-state index contributed by atoms with van der Waals surface area (Å²) in [6.45, 7) is 1.93. The number of para-hydroxylation sites is 1. The number of methoxy groups -OCH3 is 1. The number of benzene rings is 2. The average molecular weight is 461 g/mol. The molecular formula is C24H20N4O2S2. The van der Waals surface area contributed by atoms with Crippen LogP contribution in [0, 0.1) is 6.92 Å². The second-order valence-electron chi connectivity index (χ2n) is 7.03. The van der Waals surface area contributed by atoms with Crippen LogP contribution < -0.4 is 4.74 Å². The van der Waals surface area contributed by atoms with Crippen LogP contribution in [0.1, 0.15) is 11.5 Å². The van der Waals surface area contributed by atoms with Gasteiger partial charge >= 0.3 is 0 Å². The van der Waals surface area contributed by atoms with E-state index < -0.39 is 0 Å². The zero-order valence-corrected chi connectivity index (χ0v) is 19.2. The van der Waals surface area contributed by atoms with Crippen LogP contribution in [-0.4, -0.2) is 26.9 Å². The number of hydrogen-bond donors (Lipinski definition) is 0. The molecule has 5 aromatic rings. The van der Waals surface area contributed by atoms with Gasteiger partial charge < -0.3 is 9.15 Å². The third-order valence-corrected chi connectivity index (χ3v) is 6.87. The van der Waals surface area contributed by atoms with Crippen LogP contribution in [0.25, 0.3) is 27.6 Å². The Bertz CT molecular complexity index is 1340. The van der Waals surface area contributed by atoms with Crippen LogP contribution in [0.15, 0.2) is 81.9 Å². The summed E-state index contributed by atoms with van der Waals surface area (Å²) < 4.78 is 12.9. The molecule has 0 spiro atoms. The Hall–Kier alpha value is -3.36. The van der Waals surface area contributed by atoms with Crippen molar-refractivity contribution in [3.05, 3.63) is 83.8 Å². The van der Waals surface area contributed by atoms with Crippen molar-refractivity contribution in [3.8, 4) is 33.4 Å². The maximum absolute atomic E-state index is 5.50. The predicted octanol–water partition coefficient (Wildman–Crippen LogP) is 6.26. The van der Waals surface area contributed by atoms with Crippen molar-refractivity contribution in [2.75, 3.05) is 7.11 Å². The van der Waals surface area contributed by atoms with Gasteiger partial charge in [-0.15, -0.1) is 21.5 Å². The number of rotatable bonds is 7. The van der Waals surface area contributed by atoms with Gasteiger partial charge in [0, 0.05) is 22.4 Å². The first-order valence-corrected chi connectivity index (χ1v) is 11.9. The molecule has 0 aliphatic carbocycles. The smallest absolute Gasteiger partial charge is 0.196 e. The predicted molar refractivity (Wildman–Crippen MR) is 127 cm³/mol. The van der Waals surface area contributed by atoms with Gasteiger partial charge in [-0.3, -0.25) is 4.57 Å². The Kier molecular flexibility index (Phi) is 5.79. The molecule has 0 atom stereocenters. The summed E-state index contributed by atoms with van der Waals surface area (Å²) in [5.74, 6) is 3.09. The van der Waals surface area contributed by atoms with Gasteiger partial charge in [0.1, 0.15) is 16.5 Å². The molecule has 160 valence electrons. The first-order valence-electron chi connectivity index (χ1n) is 10.00. The van der Waals surface area contributed by atoms with E-state index >= 15 is 0 Å². The highest BCUT2D eigenvalue weighted by Crippen LogP contribution is 2.33. The number of furan rings is 1. The van der Waals surface area contributed by atoms with Crippen LogP contribution in [0.2, 0.25) is 0 Å². The Balaban J connectivity index is 1.42. The quantitative estimate of drug-likeness (QED) is 0.267. The molecule has 8 heteroatoms. The van der Waals surface area contributed by atoms with Crippen molar-refractivity contribution < 1.29 is 9.15 Å². The first-order chi connectivity index (χ1) is 15.7. The van der Waals surface area contributed by atoms with E-state index in [9.17, 15) is 0 Å². The minimum absolute atomic E-state index is 0.690. The number of thiazole rings is 1. The monoisotopic (exact) mass is 460 g/mol. The normalized spacial score (nSPS) is 11.1. The molecule has 0 amide bonds. The van der Waals surface area contributed by atoms with Gasteiger partial charge in [0.05, 0.1) is 24.6 Å². The Morgan fingerprint density at radius 2 is 1.94 bits per heavy atom. The maximum Gasteiger partial charge on any atom is 0.196 e. The minimum atomic E-state index is 0.690. The summed E-state index contributed by atoms with van der Waals surface area (Å²) in [5, 5.41) is 12.8. The minimum Gasteiger partial charge on any atom is -0.497 e. The van der Waals surface area contributed by atoms with Gasteiger partial charge in [-0.05, 0) is 37.3 Å². The molecule has 0 bridgehead atoms. The zero-order valence-electron chi connectivity index (χ0n) is 17.6. The standard InChI is InChI=1S/C24H20N4O2S2/c1-16-21(11-12-30-16)22-26-27-24(28(22)19-8-4-3-5-9-19)32-15-18-14-31-23(25-18)17-7-6-10-20(13-17)29-2/h3-14H,15H2,1-2H3. The molecule has 0 unspecified atom stereocenters. The van der Waals surface area contributed by atoms with Crippen LogP contribution in [0.4, 0.5) is 0 Å². The maximum atomic E-state index is 5.50. The van der Waals surface area contributed by atoms with Crippen molar-refractivity contribution in [2.45, 2.75) is 17.8 Å². The number of nitrogens with zero attached hydrogens (tertiary/aromatic N) is 4. The summed E-state index contributed by atoms with van der Waals surface area (Å²) in [4.78, 5) is 4.81. The largest absolute Gasteiger partial charge is 0.497 e. The highest BCUT2D eigenvalue weighted by Gasteiger charge is 2.19. The zero-order chi connectivity index (χ0) is 21.9. The van der Waals surface area contributed by atoms with Crippen molar-refractivity contribution in [3.63, 3.8) is 0 Å².